The summed E-state index contributed by atoms with van der Waals surface area (Å²) in [7, 11) is 0. The second kappa shape index (κ2) is 9.28. The van der Waals surface area contributed by atoms with Crippen molar-refractivity contribution in [3.05, 3.63) is 16.3 Å². The molecule has 23 heavy (non-hydrogen) atoms. The molecule has 1 aromatic rings. The third kappa shape index (κ3) is 5.36. The molecule has 2 amide bonds. The highest BCUT2D eigenvalue weighted by Gasteiger charge is 2.23. The summed E-state index contributed by atoms with van der Waals surface area (Å²) in [6.07, 6.45) is -0.308. The molecule has 0 aliphatic rings. The molecule has 0 aliphatic heterocycles. The monoisotopic (exact) mass is 660 g/mol. The van der Waals surface area contributed by atoms with E-state index >= 15 is 0 Å². The first-order valence-electron chi connectivity index (χ1n) is 5.95. The summed E-state index contributed by atoms with van der Waals surface area (Å²) < 4.78 is 1.47. The minimum Gasteiger partial charge on any atom is -0.481 e. The predicted octanol–water partition coefficient (Wildman–Crippen LogP) is 0.989. The first kappa shape index (κ1) is 20.8. The Balaban J connectivity index is 3.55. The molecule has 1 rings (SSSR count). The van der Waals surface area contributed by atoms with Crippen LogP contribution in [0.1, 0.15) is 5.56 Å². The molecule has 0 atom stereocenters. The second-order valence-electron chi connectivity index (χ2n) is 4.15. The van der Waals surface area contributed by atoms with Crippen LogP contribution in [0.4, 0.5) is 11.4 Å². The number of amides is 2. The van der Waals surface area contributed by atoms with Gasteiger partial charge in [-0.3, -0.25) is 14.4 Å². The fraction of sp³-hybridized carbons (Fsp3) is 0.250. The first-order chi connectivity index (χ1) is 10.7. The van der Waals surface area contributed by atoms with Crippen molar-refractivity contribution in [2.45, 2.75) is 6.42 Å². The average molecular weight is 660 g/mol. The van der Waals surface area contributed by atoms with Crippen molar-refractivity contribution in [1.29, 1.82) is 0 Å². The summed E-state index contributed by atoms with van der Waals surface area (Å²) in [5.74, 6) is -2.40. The van der Waals surface area contributed by atoms with Gasteiger partial charge in [-0.1, -0.05) is 0 Å². The highest BCUT2D eigenvalue weighted by Crippen LogP contribution is 2.39. The van der Waals surface area contributed by atoms with Gasteiger partial charge in [0.25, 0.3) is 0 Å². The van der Waals surface area contributed by atoms with E-state index in [1.54, 1.807) is 0 Å². The van der Waals surface area contributed by atoms with Gasteiger partial charge in [0.15, 0.2) is 0 Å². The van der Waals surface area contributed by atoms with Crippen LogP contribution in [0, 0.1) is 10.7 Å². The van der Waals surface area contributed by atoms with E-state index < -0.39 is 31.0 Å². The van der Waals surface area contributed by atoms with Crippen molar-refractivity contribution in [2.24, 2.45) is 0 Å². The van der Waals surface area contributed by atoms with Crippen LogP contribution in [0.25, 0.3) is 0 Å². The van der Waals surface area contributed by atoms with Gasteiger partial charge in [-0.25, -0.2) is 0 Å². The lowest BCUT2D eigenvalue weighted by atomic mass is 10.1. The Kier molecular flexibility index (Phi) is 8.39. The summed E-state index contributed by atoms with van der Waals surface area (Å²) in [4.78, 5) is 34.0. The number of halogens is 3. The van der Waals surface area contributed by atoms with Crippen LogP contribution in [0.3, 0.4) is 0 Å². The zero-order chi connectivity index (χ0) is 17.7. The van der Waals surface area contributed by atoms with Gasteiger partial charge in [-0.05, 0) is 73.3 Å². The minimum absolute atomic E-state index is 0.301. The Morgan fingerprint density at radius 1 is 0.826 bits per heavy atom. The highest BCUT2D eigenvalue weighted by molar-refractivity contribution is 14.1. The summed E-state index contributed by atoms with van der Waals surface area (Å²) in [6, 6.07) is 0. The lowest BCUT2D eigenvalue weighted by Crippen LogP contribution is -2.22. The van der Waals surface area contributed by atoms with Gasteiger partial charge < -0.3 is 26.0 Å². The number of carboxylic acid groups (broad SMARTS) is 1. The molecule has 0 saturated heterocycles. The maximum atomic E-state index is 11.5. The molecular weight excluding hydrogens is 649 g/mol. The number of nitrogens with one attached hydrogen (secondary N) is 2. The van der Waals surface area contributed by atoms with E-state index in [0.717, 1.165) is 0 Å². The number of hydrogen-bond donors (Lipinski definition) is 5. The number of rotatable bonds is 6. The van der Waals surface area contributed by atoms with Crippen molar-refractivity contribution >= 4 is 96.9 Å². The Labute approximate surface area is 171 Å². The topological polar surface area (TPSA) is 136 Å². The molecule has 0 bridgehead atoms. The van der Waals surface area contributed by atoms with E-state index in [9.17, 15) is 14.4 Å². The summed E-state index contributed by atoms with van der Waals surface area (Å²) in [5.41, 5.74) is 1.02. The number of hydrogen-bond acceptors (Lipinski definition) is 5. The van der Waals surface area contributed by atoms with Gasteiger partial charge in [0, 0.05) is 7.14 Å². The summed E-state index contributed by atoms with van der Waals surface area (Å²) >= 11 is 5.70. The molecule has 1 aromatic carbocycles. The molecule has 126 valence electrons. The summed E-state index contributed by atoms with van der Waals surface area (Å²) in [5, 5.41) is 31.8. The maximum Gasteiger partial charge on any atom is 0.307 e. The third-order valence-electron chi connectivity index (χ3n) is 2.55. The number of aliphatic hydroxyl groups excluding tert-OH is 2. The quantitative estimate of drug-likeness (QED) is 0.289. The average Bonchev–Trinajstić information content (AvgIpc) is 2.51. The largest absolute Gasteiger partial charge is 0.481 e. The molecule has 0 spiro atoms. The van der Waals surface area contributed by atoms with Crippen LogP contribution in [-0.2, 0) is 20.8 Å². The minimum atomic E-state index is -1.07. The van der Waals surface area contributed by atoms with E-state index in [4.69, 9.17) is 15.3 Å². The Hall–Kier alpha value is -0.260. The second-order valence-corrected chi connectivity index (χ2v) is 7.39. The molecule has 0 heterocycles. The Morgan fingerprint density at radius 3 is 1.52 bits per heavy atom. The van der Waals surface area contributed by atoms with E-state index in [0.29, 0.717) is 27.6 Å². The number of anilines is 2. The molecule has 0 saturated carbocycles. The third-order valence-corrected chi connectivity index (χ3v) is 6.01. The van der Waals surface area contributed by atoms with Crippen molar-refractivity contribution < 1.29 is 29.7 Å². The normalized spacial score (nSPS) is 10.3. The Morgan fingerprint density at radius 2 is 1.22 bits per heavy atom. The fourth-order valence-corrected chi connectivity index (χ4v) is 5.69. The smallest absolute Gasteiger partial charge is 0.307 e. The number of aliphatic carboxylic acids is 1. The molecule has 0 aromatic heterocycles. The van der Waals surface area contributed by atoms with Crippen LogP contribution in [0.5, 0.6) is 0 Å². The van der Waals surface area contributed by atoms with Crippen LogP contribution < -0.4 is 10.6 Å². The number of carbonyl (C=O) groups is 3. The molecule has 0 unspecified atom stereocenters. The van der Waals surface area contributed by atoms with Crippen LogP contribution >= 0.6 is 67.8 Å². The highest BCUT2D eigenvalue weighted by atomic mass is 127. The lowest BCUT2D eigenvalue weighted by Gasteiger charge is -2.19. The zero-order valence-corrected chi connectivity index (χ0v) is 17.8. The number of benzene rings is 1. The number of aliphatic hydroxyl groups is 2. The van der Waals surface area contributed by atoms with Gasteiger partial charge in [0.2, 0.25) is 11.8 Å². The van der Waals surface area contributed by atoms with Gasteiger partial charge in [-0.2, -0.15) is 0 Å². The van der Waals surface area contributed by atoms with Crippen LogP contribution in [-0.4, -0.2) is 46.3 Å². The molecule has 0 fully saturated rings. The van der Waals surface area contributed by atoms with Crippen molar-refractivity contribution in [2.75, 3.05) is 23.8 Å². The van der Waals surface area contributed by atoms with Crippen molar-refractivity contribution in [3.63, 3.8) is 0 Å². The van der Waals surface area contributed by atoms with Crippen molar-refractivity contribution in [1.82, 2.24) is 0 Å². The zero-order valence-electron chi connectivity index (χ0n) is 11.3. The standard InChI is InChI=1S/C12H11I3N2O6/c13-8-4(1-7(22)23)9(14)12(17-6(21)3-19)10(15)11(8)16-5(20)2-18/h18-19H,1-3H2,(H,16,20)(H,17,21)(H,22,23). The number of carboxylic acids is 1. The van der Waals surface area contributed by atoms with Crippen molar-refractivity contribution in [3.8, 4) is 0 Å². The molecule has 11 heteroatoms. The van der Waals surface area contributed by atoms with Gasteiger partial charge in [0.05, 0.1) is 21.4 Å². The van der Waals surface area contributed by atoms with Gasteiger partial charge in [-0.15, -0.1) is 0 Å². The molecule has 5 N–H and O–H groups in total. The van der Waals surface area contributed by atoms with E-state index in [1.807, 2.05) is 67.8 Å². The lowest BCUT2D eigenvalue weighted by molar-refractivity contribution is -0.136. The molecular formula is C12H11I3N2O6. The van der Waals surface area contributed by atoms with E-state index in [1.165, 1.54) is 0 Å². The SMILES string of the molecule is O=C(O)Cc1c(I)c(NC(=O)CO)c(I)c(NC(=O)CO)c1I. The number of carbonyl (C=O) groups excluding carboxylic acids is 2. The van der Waals surface area contributed by atoms with Gasteiger partial charge >= 0.3 is 5.97 Å². The molecule has 8 nitrogen and oxygen atoms in total. The van der Waals surface area contributed by atoms with E-state index in [-0.39, 0.29) is 6.42 Å². The van der Waals surface area contributed by atoms with Gasteiger partial charge in [0.1, 0.15) is 13.2 Å². The first-order valence-corrected chi connectivity index (χ1v) is 9.19. The summed E-state index contributed by atoms with van der Waals surface area (Å²) in [6.45, 7) is -1.46. The fourth-order valence-electron chi connectivity index (χ4n) is 1.60. The Bertz CT molecular complexity index is 620. The maximum absolute atomic E-state index is 11.5. The molecule has 0 radical (unpaired) electrons. The van der Waals surface area contributed by atoms with Crippen LogP contribution in [0.15, 0.2) is 0 Å². The van der Waals surface area contributed by atoms with E-state index in [2.05, 4.69) is 10.6 Å². The molecule has 0 aliphatic carbocycles. The predicted molar refractivity (Wildman–Crippen MR) is 107 cm³/mol. The van der Waals surface area contributed by atoms with Crippen LogP contribution in [0.2, 0.25) is 0 Å².